The lowest BCUT2D eigenvalue weighted by Crippen LogP contribution is -2.25. The fraction of sp³-hybridized carbons (Fsp3) is 0.500. The molecule has 3 rings (SSSR count). The molecule has 3 heteroatoms. The van der Waals surface area contributed by atoms with Gasteiger partial charge < -0.3 is 4.98 Å². The Morgan fingerprint density at radius 1 is 1.32 bits per heavy atom. The SMILES string of the molecule is CC1(C)CCCCC1c1c[nH]c2c(Br)cc(F)cc12. The molecular weight excluding hydrogens is 305 g/mol. The maximum atomic E-state index is 13.7. The first-order valence-electron chi connectivity index (χ1n) is 6.95. The Morgan fingerprint density at radius 2 is 2.11 bits per heavy atom. The van der Waals surface area contributed by atoms with Gasteiger partial charge in [0.1, 0.15) is 5.82 Å². The number of nitrogens with one attached hydrogen (secondary N) is 1. The third-order valence-electron chi connectivity index (χ3n) is 4.62. The summed E-state index contributed by atoms with van der Waals surface area (Å²) < 4.78 is 14.5. The predicted molar refractivity (Wildman–Crippen MR) is 80.9 cm³/mol. The van der Waals surface area contributed by atoms with Gasteiger partial charge in [0.2, 0.25) is 0 Å². The lowest BCUT2D eigenvalue weighted by Gasteiger charge is -2.38. The molecular formula is C16H19BrFN. The molecule has 1 heterocycles. The van der Waals surface area contributed by atoms with Crippen molar-refractivity contribution in [2.45, 2.75) is 45.4 Å². The molecule has 1 N–H and O–H groups in total. The van der Waals surface area contributed by atoms with Crippen LogP contribution < -0.4 is 0 Å². The number of hydrogen-bond acceptors (Lipinski definition) is 0. The standard InChI is InChI=1S/C16H19BrFN/c1-16(2)6-4-3-5-13(16)12-9-19-15-11(12)7-10(18)8-14(15)17/h7-9,13,19H,3-6H2,1-2H3. The van der Waals surface area contributed by atoms with Crippen molar-refractivity contribution in [3.63, 3.8) is 0 Å². The van der Waals surface area contributed by atoms with Crippen LogP contribution in [-0.4, -0.2) is 4.98 Å². The highest BCUT2D eigenvalue weighted by atomic mass is 79.9. The molecule has 1 nitrogen and oxygen atoms in total. The highest BCUT2D eigenvalue weighted by molar-refractivity contribution is 9.10. The molecule has 0 amide bonds. The van der Waals surface area contributed by atoms with E-state index in [1.165, 1.54) is 37.3 Å². The summed E-state index contributed by atoms with van der Waals surface area (Å²) in [6, 6.07) is 3.19. The Balaban J connectivity index is 2.15. The largest absolute Gasteiger partial charge is 0.360 e. The third-order valence-corrected chi connectivity index (χ3v) is 5.25. The summed E-state index contributed by atoms with van der Waals surface area (Å²) in [5.74, 6) is 0.345. The maximum absolute atomic E-state index is 13.7. The van der Waals surface area contributed by atoms with E-state index in [9.17, 15) is 4.39 Å². The van der Waals surface area contributed by atoms with Crippen LogP contribution in [0.3, 0.4) is 0 Å². The van der Waals surface area contributed by atoms with Gasteiger partial charge in [0.15, 0.2) is 0 Å². The molecule has 19 heavy (non-hydrogen) atoms. The first kappa shape index (κ1) is 13.2. The summed E-state index contributed by atoms with van der Waals surface area (Å²) in [7, 11) is 0. The van der Waals surface area contributed by atoms with Crippen LogP contribution in [0.15, 0.2) is 22.8 Å². The van der Waals surface area contributed by atoms with Crippen LogP contribution in [0.5, 0.6) is 0 Å². The molecule has 1 aliphatic rings. The zero-order valence-corrected chi connectivity index (χ0v) is 13.0. The van der Waals surface area contributed by atoms with Crippen molar-refractivity contribution < 1.29 is 4.39 Å². The molecule has 1 fully saturated rings. The van der Waals surface area contributed by atoms with Crippen molar-refractivity contribution in [3.05, 3.63) is 34.2 Å². The molecule has 0 aliphatic heterocycles. The van der Waals surface area contributed by atoms with Gasteiger partial charge in [-0.1, -0.05) is 26.7 Å². The molecule has 1 aliphatic carbocycles. The highest BCUT2D eigenvalue weighted by Gasteiger charge is 2.34. The second kappa shape index (κ2) is 4.62. The molecule has 0 radical (unpaired) electrons. The smallest absolute Gasteiger partial charge is 0.125 e. The molecule has 1 aromatic heterocycles. The van der Waals surface area contributed by atoms with Crippen LogP contribution in [0.2, 0.25) is 0 Å². The Bertz CT molecular complexity index is 614. The Kier molecular flexibility index (Phi) is 3.20. The van der Waals surface area contributed by atoms with Gasteiger partial charge in [-0.05, 0) is 57.8 Å². The number of fused-ring (bicyclic) bond motifs is 1. The summed E-state index contributed by atoms with van der Waals surface area (Å²) in [6.07, 6.45) is 7.11. The summed E-state index contributed by atoms with van der Waals surface area (Å²) in [4.78, 5) is 3.31. The molecule has 0 saturated heterocycles. The molecule has 1 unspecified atom stereocenters. The fourth-order valence-electron chi connectivity index (χ4n) is 3.53. The van der Waals surface area contributed by atoms with Gasteiger partial charge in [-0.2, -0.15) is 0 Å². The van der Waals surface area contributed by atoms with Crippen LogP contribution in [-0.2, 0) is 0 Å². The van der Waals surface area contributed by atoms with Crippen LogP contribution in [0.4, 0.5) is 4.39 Å². The van der Waals surface area contributed by atoms with Crippen molar-refractivity contribution in [2.75, 3.05) is 0 Å². The van der Waals surface area contributed by atoms with Gasteiger partial charge in [0.25, 0.3) is 0 Å². The van der Waals surface area contributed by atoms with Gasteiger partial charge in [0, 0.05) is 16.1 Å². The second-order valence-corrected chi connectivity index (χ2v) is 7.20. The molecule has 0 spiro atoms. The van der Waals surface area contributed by atoms with Crippen LogP contribution in [0.1, 0.15) is 51.0 Å². The average Bonchev–Trinajstić information content (AvgIpc) is 2.72. The molecule has 0 bridgehead atoms. The summed E-state index contributed by atoms with van der Waals surface area (Å²) in [5, 5.41) is 1.03. The summed E-state index contributed by atoms with van der Waals surface area (Å²) in [6.45, 7) is 4.67. The minimum Gasteiger partial charge on any atom is -0.360 e. The Hall–Kier alpha value is -0.830. The summed E-state index contributed by atoms with van der Waals surface area (Å²) >= 11 is 3.44. The Labute approximate surface area is 121 Å². The third kappa shape index (κ3) is 2.22. The number of hydrogen-bond donors (Lipinski definition) is 1. The molecule has 1 saturated carbocycles. The number of rotatable bonds is 1. The molecule has 2 aromatic rings. The van der Waals surface area contributed by atoms with Gasteiger partial charge in [-0.15, -0.1) is 0 Å². The Morgan fingerprint density at radius 3 is 2.84 bits per heavy atom. The van der Waals surface area contributed by atoms with E-state index >= 15 is 0 Å². The topological polar surface area (TPSA) is 15.8 Å². The van der Waals surface area contributed by atoms with Gasteiger partial charge in [-0.25, -0.2) is 4.39 Å². The minimum absolute atomic E-state index is 0.172. The number of aromatic nitrogens is 1. The van der Waals surface area contributed by atoms with Crippen molar-refractivity contribution in [1.29, 1.82) is 0 Å². The van der Waals surface area contributed by atoms with Crippen LogP contribution in [0, 0.1) is 11.2 Å². The van der Waals surface area contributed by atoms with E-state index in [0.717, 1.165) is 15.4 Å². The van der Waals surface area contributed by atoms with Crippen molar-refractivity contribution in [1.82, 2.24) is 4.98 Å². The lowest BCUT2D eigenvalue weighted by atomic mass is 9.66. The molecule has 1 aromatic carbocycles. The minimum atomic E-state index is -0.172. The normalized spacial score (nSPS) is 22.8. The van der Waals surface area contributed by atoms with E-state index in [1.54, 1.807) is 6.07 Å². The zero-order chi connectivity index (χ0) is 13.6. The van der Waals surface area contributed by atoms with Crippen LogP contribution in [0.25, 0.3) is 10.9 Å². The number of halogens is 2. The van der Waals surface area contributed by atoms with Crippen molar-refractivity contribution in [3.8, 4) is 0 Å². The highest BCUT2D eigenvalue weighted by Crippen LogP contribution is 2.48. The number of aromatic amines is 1. The monoisotopic (exact) mass is 323 g/mol. The van der Waals surface area contributed by atoms with Gasteiger partial charge in [-0.3, -0.25) is 0 Å². The quantitative estimate of drug-likeness (QED) is 0.687. The fourth-order valence-corrected chi connectivity index (χ4v) is 4.08. The van der Waals surface area contributed by atoms with Gasteiger partial charge >= 0.3 is 0 Å². The van der Waals surface area contributed by atoms with E-state index in [2.05, 4.69) is 41.0 Å². The van der Waals surface area contributed by atoms with Crippen LogP contribution >= 0.6 is 15.9 Å². The number of H-pyrrole nitrogens is 1. The van der Waals surface area contributed by atoms with Gasteiger partial charge in [0.05, 0.1) is 5.52 Å². The average molecular weight is 324 g/mol. The van der Waals surface area contributed by atoms with E-state index in [0.29, 0.717) is 11.3 Å². The van der Waals surface area contributed by atoms with E-state index in [1.807, 2.05) is 0 Å². The second-order valence-electron chi connectivity index (χ2n) is 6.34. The van der Waals surface area contributed by atoms with Crippen molar-refractivity contribution >= 4 is 26.8 Å². The van der Waals surface area contributed by atoms with E-state index < -0.39 is 0 Å². The lowest BCUT2D eigenvalue weighted by molar-refractivity contribution is 0.201. The number of benzene rings is 1. The van der Waals surface area contributed by atoms with E-state index in [-0.39, 0.29) is 5.82 Å². The molecule has 1 atom stereocenters. The summed E-state index contributed by atoms with van der Waals surface area (Å²) in [5.41, 5.74) is 2.59. The first-order chi connectivity index (χ1) is 8.99. The first-order valence-corrected chi connectivity index (χ1v) is 7.74. The molecule has 102 valence electrons. The van der Waals surface area contributed by atoms with E-state index in [4.69, 9.17) is 0 Å². The zero-order valence-electron chi connectivity index (χ0n) is 11.4. The predicted octanol–water partition coefficient (Wildman–Crippen LogP) is 5.75. The maximum Gasteiger partial charge on any atom is 0.125 e. The van der Waals surface area contributed by atoms with Crippen molar-refractivity contribution in [2.24, 2.45) is 5.41 Å².